The quantitative estimate of drug-likeness (QED) is 0.386. The third kappa shape index (κ3) is 3.57. The van der Waals surface area contributed by atoms with Gasteiger partial charge in [0.2, 0.25) is 5.75 Å². The third-order valence-corrected chi connectivity index (χ3v) is 3.67. The Kier molecular flexibility index (Phi) is 4.72. The van der Waals surface area contributed by atoms with Gasteiger partial charge in [-0.25, -0.2) is 0 Å². The largest absolute Gasteiger partial charge is 0.450 e. The van der Waals surface area contributed by atoms with Crippen molar-refractivity contribution in [2.75, 3.05) is 0 Å². The molecule has 0 heterocycles. The molecule has 6 nitrogen and oxygen atoms in total. The van der Waals surface area contributed by atoms with Gasteiger partial charge in [0.1, 0.15) is 5.75 Å². The molecule has 0 fully saturated rings. The van der Waals surface area contributed by atoms with E-state index in [-0.39, 0.29) is 22.8 Å². The molecular formula is C20H12N2O4. The highest BCUT2D eigenvalue weighted by molar-refractivity contribution is 6.08. The molecule has 0 saturated heterocycles. The maximum Gasteiger partial charge on any atom is 0.312 e. The van der Waals surface area contributed by atoms with Crippen LogP contribution in [0.3, 0.4) is 0 Å². The number of rotatable bonds is 5. The van der Waals surface area contributed by atoms with Crippen molar-refractivity contribution in [1.29, 1.82) is 5.26 Å². The van der Waals surface area contributed by atoms with Gasteiger partial charge in [-0.05, 0) is 36.4 Å². The lowest BCUT2D eigenvalue weighted by Crippen LogP contribution is -2.00. The Balaban J connectivity index is 1.83. The minimum absolute atomic E-state index is 0.0242. The zero-order valence-electron chi connectivity index (χ0n) is 13.5. The molecular weight excluding hydrogens is 332 g/mol. The van der Waals surface area contributed by atoms with Crippen LogP contribution in [0, 0.1) is 21.4 Å². The Bertz CT molecular complexity index is 1010. The second-order valence-electron chi connectivity index (χ2n) is 5.37. The number of benzene rings is 3. The molecule has 3 aromatic rings. The standard InChI is InChI=1S/C20H12N2O4/c21-13-14-6-11-19(18(12-14)22(24)25)26-17-9-7-16(8-10-17)20(23)15-4-2-1-3-5-15/h1-12H. The summed E-state index contributed by atoms with van der Waals surface area (Å²) in [4.78, 5) is 22.9. The van der Waals surface area contributed by atoms with Gasteiger partial charge >= 0.3 is 5.69 Å². The molecule has 0 aromatic heterocycles. The molecule has 0 unspecified atom stereocenters. The van der Waals surface area contributed by atoms with E-state index in [1.54, 1.807) is 48.5 Å². The van der Waals surface area contributed by atoms with E-state index >= 15 is 0 Å². The molecule has 6 heteroatoms. The van der Waals surface area contributed by atoms with Crippen molar-refractivity contribution >= 4 is 11.5 Å². The van der Waals surface area contributed by atoms with E-state index in [0.717, 1.165) is 6.07 Å². The van der Waals surface area contributed by atoms with Gasteiger partial charge in [-0.2, -0.15) is 5.26 Å². The summed E-state index contributed by atoms with van der Waals surface area (Å²) < 4.78 is 5.55. The first-order valence-electron chi connectivity index (χ1n) is 7.64. The molecule has 0 aliphatic heterocycles. The van der Waals surface area contributed by atoms with Gasteiger partial charge < -0.3 is 4.74 Å². The highest BCUT2D eigenvalue weighted by Gasteiger charge is 2.17. The lowest BCUT2D eigenvalue weighted by Gasteiger charge is -2.07. The van der Waals surface area contributed by atoms with E-state index in [2.05, 4.69) is 0 Å². The van der Waals surface area contributed by atoms with Crippen molar-refractivity contribution in [1.82, 2.24) is 0 Å². The van der Waals surface area contributed by atoms with E-state index in [4.69, 9.17) is 10.00 Å². The Morgan fingerprint density at radius 1 is 0.962 bits per heavy atom. The van der Waals surface area contributed by atoms with E-state index in [1.807, 2.05) is 12.1 Å². The second kappa shape index (κ2) is 7.28. The van der Waals surface area contributed by atoms with Crippen LogP contribution in [0.15, 0.2) is 72.8 Å². The highest BCUT2D eigenvalue weighted by Crippen LogP contribution is 2.32. The predicted octanol–water partition coefficient (Wildman–Crippen LogP) is 4.49. The summed E-state index contributed by atoms with van der Waals surface area (Å²) in [6.07, 6.45) is 0. The first kappa shape index (κ1) is 16.9. The molecule has 0 saturated carbocycles. The van der Waals surface area contributed by atoms with Crippen LogP contribution in [0.25, 0.3) is 0 Å². The number of hydrogen-bond acceptors (Lipinski definition) is 5. The molecule has 0 aliphatic rings. The predicted molar refractivity (Wildman–Crippen MR) is 94.2 cm³/mol. The molecule has 0 radical (unpaired) electrons. The molecule has 26 heavy (non-hydrogen) atoms. The summed E-state index contributed by atoms with van der Waals surface area (Å²) in [6, 6.07) is 21.0. The van der Waals surface area contributed by atoms with Crippen molar-refractivity contribution in [3.8, 4) is 17.6 Å². The summed E-state index contributed by atoms with van der Waals surface area (Å²) in [5.74, 6) is 0.250. The van der Waals surface area contributed by atoms with Crippen LogP contribution in [-0.2, 0) is 0 Å². The number of hydrogen-bond donors (Lipinski definition) is 0. The maximum atomic E-state index is 12.4. The minimum Gasteiger partial charge on any atom is -0.450 e. The van der Waals surface area contributed by atoms with Gasteiger partial charge in [0.05, 0.1) is 16.6 Å². The molecule has 126 valence electrons. The lowest BCUT2D eigenvalue weighted by atomic mass is 10.0. The summed E-state index contributed by atoms with van der Waals surface area (Å²) in [7, 11) is 0. The van der Waals surface area contributed by atoms with Crippen LogP contribution in [0.5, 0.6) is 11.5 Å². The lowest BCUT2D eigenvalue weighted by molar-refractivity contribution is -0.385. The maximum absolute atomic E-state index is 12.4. The number of carbonyl (C=O) groups is 1. The van der Waals surface area contributed by atoms with Crippen LogP contribution < -0.4 is 4.74 Å². The summed E-state index contributed by atoms with van der Waals surface area (Å²) in [6.45, 7) is 0. The molecule has 0 aliphatic carbocycles. The number of nitriles is 1. The van der Waals surface area contributed by atoms with Gasteiger partial charge in [-0.1, -0.05) is 30.3 Å². The third-order valence-electron chi connectivity index (χ3n) is 3.67. The fourth-order valence-electron chi connectivity index (χ4n) is 2.37. The summed E-state index contributed by atoms with van der Waals surface area (Å²) in [5, 5.41) is 20.0. The number of ether oxygens (including phenoxy) is 1. The fourth-order valence-corrected chi connectivity index (χ4v) is 2.37. The van der Waals surface area contributed by atoms with E-state index in [9.17, 15) is 14.9 Å². The first-order valence-corrected chi connectivity index (χ1v) is 7.64. The van der Waals surface area contributed by atoms with E-state index < -0.39 is 4.92 Å². The van der Waals surface area contributed by atoms with Crippen molar-refractivity contribution < 1.29 is 14.5 Å². The molecule has 0 amide bonds. The minimum atomic E-state index is -0.608. The van der Waals surface area contributed by atoms with Crippen LogP contribution in [0.4, 0.5) is 5.69 Å². The second-order valence-corrected chi connectivity index (χ2v) is 5.37. The Morgan fingerprint density at radius 2 is 1.62 bits per heavy atom. The van der Waals surface area contributed by atoms with Gasteiger partial charge in [0.15, 0.2) is 5.78 Å². The van der Waals surface area contributed by atoms with Gasteiger partial charge in [0.25, 0.3) is 0 Å². The average molecular weight is 344 g/mol. The van der Waals surface area contributed by atoms with Crippen LogP contribution in [0.2, 0.25) is 0 Å². The van der Waals surface area contributed by atoms with Crippen molar-refractivity contribution in [2.45, 2.75) is 0 Å². The number of carbonyl (C=O) groups excluding carboxylic acids is 1. The normalized spacial score (nSPS) is 9.96. The van der Waals surface area contributed by atoms with Crippen LogP contribution in [-0.4, -0.2) is 10.7 Å². The Hall–Kier alpha value is -3.98. The fraction of sp³-hybridized carbons (Fsp3) is 0. The van der Waals surface area contributed by atoms with E-state index in [0.29, 0.717) is 16.9 Å². The monoisotopic (exact) mass is 344 g/mol. The number of nitro benzene ring substituents is 1. The topological polar surface area (TPSA) is 93.2 Å². The molecule has 0 atom stereocenters. The number of nitro groups is 1. The van der Waals surface area contributed by atoms with Crippen LogP contribution in [0.1, 0.15) is 21.5 Å². The number of nitrogens with zero attached hydrogens (tertiary/aromatic N) is 2. The van der Waals surface area contributed by atoms with Crippen molar-refractivity contribution in [3.63, 3.8) is 0 Å². The highest BCUT2D eigenvalue weighted by atomic mass is 16.6. The molecule has 0 spiro atoms. The molecule has 3 rings (SSSR count). The van der Waals surface area contributed by atoms with Crippen molar-refractivity contribution in [2.24, 2.45) is 0 Å². The van der Waals surface area contributed by atoms with Gasteiger partial charge in [-0.15, -0.1) is 0 Å². The average Bonchev–Trinajstić information content (AvgIpc) is 2.69. The first-order chi connectivity index (χ1) is 12.6. The Labute approximate surface area is 149 Å². The summed E-state index contributed by atoms with van der Waals surface area (Å²) >= 11 is 0. The smallest absolute Gasteiger partial charge is 0.312 e. The molecule has 0 N–H and O–H groups in total. The van der Waals surface area contributed by atoms with E-state index in [1.165, 1.54) is 12.1 Å². The zero-order valence-corrected chi connectivity index (χ0v) is 13.5. The zero-order chi connectivity index (χ0) is 18.5. The van der Waals surface area contributed by atoms with Gasteiger partial charge in [0, 0.05) is 17.2 Å². The Morgan fingerprint density at radius 3 is 2.23 bits per heavy atom. The number of ketones is 1. The summed E-state index contributed by atoms with van der Waals surface area (Å²) in [5.41, 5.74) is 0.933. The van der Waals surface area contributed by atoms with Crippen molar-refractivity contribution in [3.05, 3.63) is 99.6 Å². The SMILES string of the molecule is N#Cc1ccc(Oc2ccc(C(=O)c3ccccc3)cc2)c([N+](=O)[O-])c1. The van der Waals surface area contributed by atoms with Gasteiger partial charge in [-0.3, -0.25) is 14.9 Å². The molecule has 3 aromatic carbocycles. The molecule has 0 bridgehead atoms. The van der Waals surface area contributed by atoms with Crippen LogP contribution >= 0.6 is 0 Å².